The van der Waals surface area contributed by atoms with Gasteiger partial charge < -0.3 is 19.7 Å². The molecule has 0 fully saturated rings. The minimum absolute atomic E-state index is 0.0712. The van der Waals surface area contributed by atoms with Crippen molar-refractivity contribution in [1.82, 2.24) is 0 Å². The molecule has 6 heteroatoms. The molecule has 6 nitrogen and oxygen atoms in total. The highest BCUT2D eigenvalue weighted by Gasteiger charge is 2.24. The van der Waals surface area contributed by atoms with E-state index < -0.39 is 0 Å². The van der Waals surface area contributed by atoms with Crippen molar-refractivity contribution in [3.8, 4) is 11.5 Å². The largest absolute Gasteiger partial charge is 0.493 e. The molecule has 0 aliphatic carbocycles. The number of carbonyl (C=O) groups excluding carboxylic acids is 2. The number of amides is 2. The second-order valence-corrected chi connectivity index (χ2v) is 5.89. The quantitative estimate of drug-likeness (QED) is 0.908. The van der Waals surface area contributed by atoms with E-state index in [0.29, 0.717) is 23.6 Å². The van der Waals surface area contributed by atoms with Crippen LogP contribution in [-0.4, -0.2) is 33.1 Å². The zero-order valence-corrected chi connectivity index (χ0v) is 14.5. The number of likely N-dealkylation sites (N-methyl/N-ethyl adjacent to an activating group) is 1. The topological polar surface area (TPSA) is 67.9 Å². The van der Waals surface area contributed by atoms with Gasteiger partial charge in [-0.05, 0) is 29.3 Å². The Labute approximate surface area is 146 Å². The number of methoxy groups -OCH3 is 2. The van der Waals surface area contributed by atoms with E-state index in [-0.39, 0.29) is 18.2 Å². The van der Waals surface area contributed by atoms with E-state index in [1.54, 1.807) is 44.4 Å². The Balaban J connectivity index is 1.69. The molecule has 0 atom stereocenters. The second-order valence-electron chi connectivity index (χ2n) is 5.89. The Bertz CT molecular complexity index is 832. The van der Waals surface area contributed by atoms with Crippen LogP contribution >= 0.6 is 0 Å². The smallest absolute Gasteiger partial charge is 0.231 e. The van der Waals surface area contributed by atoms with Crippen molar-refractivity contribution in [2.75, 3.05) is 31.5 Å². The minimum Gasteiger partial charge on any atom is -0.493 e. The zero-order chi connectivity index (χ0) is 18.0. The fraction of sp³-hybridized carbons (Fsp3) is 0.263. The number of rotatable bonds is 5. The van der Waals surface area contributed by atoms with E-state index in [2.05, 4.69) is 5.32 Å². The van der Waals surface area contributed by atoms with Gasteiger partial charge in [-0.3, -0.25) is 9.59 Å². The molecular formula is C19H20N2O4. The molecule has 1 N–H and O–H groups in total. The first-order valence-corrected chi connectivity index (χ1v) is 7.92. The Hall–Kier alpha value is -3.02. The summed E-state index contributed by atoms with van der Waals surface area (Å²) in [5, 5.41) is 2.85. The average molecular weight is 340 g/mol. The van der Waals surface area contributed by atoms with Crippen LogP contribution in [0.25, 0.3) is 0 Å². The van der Waals surface area contributed by atoms with E-state index >= 15 is 0 Å². The van der Waals surface area contributed by atoms with Crippen LogP contribution in [0.3, 0.4) is 0 Å². The standard InChI is InChI=1S/C19H20N2O4/c1-21-15-6-4-12(8-13(15)10-19(21)23)9-18(22)20-14-5-7-16(24-2)17(11-14)25-3/h4-8,11H,9-10H2,1-3H3,(H,20,22). The van der Waals surface area contributed by atoms with Crippen LogP contribution in [0.2, 0.25) is 0 Å². The normalized spacial score (nSPS) is 12.8. The van der Waals surface area contributed by atoms with E-state index in [0.717, 1.165) is 16.8 Å². The van der Waals surface area contributed by atoms with Gasteiger partial charge >= 0.3 is 0 Å². The number of nitrogens with zero attached hydrogens (tertiary/aromatic N) is 1. The lowest BCUT2D eigenvalue weighted by molar-refractivity contribution is -0.117. The fourth-order valence-corrected chi connectivity index (χ4v) is 2.94. The molecule has 3 rings (SSSR count). The molecule has 25 heavy (non-hydrogen) atoms. The molecule has 2 amide bonds. The summed E-state index contributed by atoms with van der Waals surface area (Å²) < 4.78 is 10.4. The third-order valence-corrected chi connectivity index (χ3v) is 4.25. The van der Waals surface area contributed by atoms with Crippen LogP contribution in [-0.2, 0) is 22.4 Å². The zero-order valence-electron chi connectivity index (χ0n) is 14.5. The van der Waals surface area contributed by atoms with Crippen molar-refractivity contribution in [3.05, 3.63) is 47.5 Å². The van der Waals surface area contributed by atoms with Gasteiger partial charge in [-0.1, -0.05) is 12.1 Å². The SMILES string of the molecule is COc1ccc(NC(=O)Cc2ccc3c(c2)CC(=O)N3C)cc1OC. The van der Waals surface area contributed by atoms with Crippen LogP contribution in [0, 0.1) is 0 Å². The summed E-state index contributed by atoms with van der Waals surface area (Å²) >= 11 is 0. The number of ether oxygens (including phenoxy) is 2. The van der Waals surface area contributed by atoms with Gasteiger partial charge in [-0.25, -0.2) is 0 Å². The summed E-state index contributed by atoms with van der Waals surface area (Å²) in [5.41, 5.74) is 3.39. The second kappa shape index (κ2) is 6.84. The maximum absolute atomic E-state index is 12.3. The molecular weight excluding hydrogens is 320 g/mol. The Morgan fingerprint density at radius 2 is 1.88 bits per heavy atom. The summed E-state index contributed by atoms with van der Waals surface area (Å²) in [4.78, 5) is 25.7. The van der Waals surface area contributed by atoms with Crippen molar-refractivity contribution in [2.45, 2.75) is 12.8 Å². The van der Waals surface area contributed by atoms with Gasteiger partial charge in [0.25, 0.3) is 0 Å². The summed E-state index contributed by atoms with van der Waals surface area (Å²) in [6.07, 6.45) is 0.622. The molecule has 1 heterocycles. The van der Waals surface area contributed by atoms with Gasteiger partial charge in [0.2, 0.25) is 11.8 Å². The Morgan fingerprint density at radius 3 is 2.60 bits per heavy atom. The number of fused-ring (bicyclic) bond motifs is 1. The summed E-state index contributed by atoms with van der Waals surface area (Å²) in [6, 6.07) is 10.9. The molecule has 0 spiro atoms. The third kappa shape index (κ3) is 3.42. The molecule has 2 aromatic carbocycles. The first-order valence-electron chi connectivity index (χ1n) is 7.92. The van der Waals surface area contributed by atoms with Crippen LogP contribution in [0.15, 0.2) is 36.4 Å². The van der Waals surface area contributed by atoms with E-state index in [1.807, 2.05) is 18.2 Å². The maximum Gasteiger partial charge on any atom is 0.231 e. The first kappa shape index (κ1) is 16.8. The fourth-order valence-electron chi connectivity index (χ4n) is 2.94. The number of carbonyl (C=O) groups is 2. The number of hydrogen-bond donors (Lipinski definition) is 1. The van der Waals surface area contributed by atoms with Gasteiger partial charge in [-0.2, -0.15) is 0 Å². The predicted octanol–water partition coefficient (Wildman–Crippen LogP) is 2.40. The minimum atomic E-state index is -0.134. The van der Waals surface area contributed by atoms with Gasteiger partial charge in [0.1, 0.15) is 0 Å². The number of benzene rings is 2. The molecule has 0 aromatic heterocycles. The lowest BCUT2D eigenvalue weighted by atomic mass is 10.1. The molecule has 0 saturated carbocycles. The van der Waals surface area contributed by atoms with Crippen LogP contribution in [0.4, 0.5) is 11.4 Å². The highest BCUT2D eigenvalue weighted by atomic mass is 16.5. The lowest BCUT2D eigenvalue weighted by Gasteiger charge is -2.12. The van der Waals surface area contributed by atoms with Crippen molar-refractivity contribution in [3.63, 3.8) is 0 Å². The summed E-state index contributed by atoms with van der Waals surface area (Å²) in [6.45, 7) is 0. The number of anilines is 2. The van der Waals surface area contributed by atoms with Gasteiger partial charge in [-0.15, -0.1) is 0 Å². The van der Waals surface area contributed by atoms with Gasteiger partial charge in [0, 0.05) is 24.5 Å². The third-order valence-electron chi connectivity index (χ3n) is 4.25. The number of hydrogen-bond acceptors (Lipinski definition) is 4. The predicted molar refractivity (Wildman–Crippen MR) is 95.4 cm³/mol. The van der Waals surface area contributed by atoms with E-state index in [9.17, 15) is 9.59 Å². The van der Waals surface area contributed by atoms with Crippen molar-refractivity contribution in [1.29, 1.82) is 0 Å². The summed E-state index contributed by atoms with van der Waals surface area (Å²) in [5.74, 6) is 1.10. The molecule has 0 saturated heterocycles. The summed E-state index contributed by atoms with van der Waals surface area (Å²) in [7, 11) is 4.87. The Morgan fingerprint density at radius 1 is 1.12 bits per heavy atom. The molecule has 0 radical (unpaired) electrons. The Kier molecular flexibility index (Phi) is 4.61. The average Bonchev–Trinajstić information content (AvgIpc) is 2.88. The first-order chi connectivity index (χ1) is 12.0. The highest BCUT2D eigenvalue weighted by Crippen LogP contribution is 2.30. The monoisotopic (exact) mass is 340 g/mol. The van der Waals surface area contributed by atoms with Crippen LogP contribution < -0.4 is 19.7 Å². The van der Waals surface area contributed by atoms with E-state index in [4.69, 9.17) is 9.47 Å². The molecule has 130 valence electrons. The maximum atomic E-state index is 12.3. The number of nitrogens with one attached hydrogen (secondary N) is 1. The molecule has 1 aliphatic rings. The molecule has 0 unspecified atom stereocenters. The molecule has 1 aliphatic heterocycles. The van der Waals surface area contributed by atoms with E-state index in [1.165, 1.54) is 0 Å². The van der Waals surface area contributed by atoms with Gasteiger partial charge in [0.05, 0.1) is 27.1 Å². The van der Waals surface area contributed by atoms with Crippen LogP contribution in [0.5, 0.6) is 11.5 Å². The lowest BCUT2D eigenvalue weighted by Crippen LogP contribution is -2.20. The van der Waals surface area contributed by atoms with Crippen molar-refractivity contribution < 1.29 is 19.1 Å². The van der Waals surface area contributed by atoms with Crippen molar-refractivity contribution >= 4 is 23.2 Å². The highest BCUT2D eigenvalue weighted by molar-refractivity contribution is 6.01. The molecule has 0 bridgehead atoms. The molecule has 2 aromatic rings. The van der Waals surface area contributed by atoms with Gasteiger partial charge in [0.15, 0.2) is 11.5 Å². The van der Waals surface area contributed by atoms with Crippen molar-refractivity contribution in [2.24, 2.45) is 0 Å². The van der Waals surface area contributed by atoms with Crippen LogP contribution in [0.1, 0.15) is 11.1 Å².